The lowest BCUT2D eigenvalue weighted by Crippen LogP contribution is -2.44. The van der Waals surface area contributed by atoms with Crippen LogP contribution in [0.3, 0.4) is 0 Å². The number of hydrogen-bond donors (Lipinski definition) is 1. The smallest absolute Gasteiger partial charge is 0.153 e. The van der Waals surface area contributed by atoms with Crippen molar-refractivity contribution in [3.05, 3.63) is 12.0 Å². The Morgan fingerprint density at radius 3 is 2.93 bits per heavy atom. The van der Waals surface area contributed by atoms with Crippen molar-refractivity contribution >= 4 is 5.82 Å². The summed E-state index contributed by atoms with van der Waals surface area (Å²) in [6, 6.07) is 0. The summed E-state index contributed by atoms with van der Waals surface area (Å²) < 4.78 is 0. The highest BCUT2D eigenvalue weighted by Gasteiger charge is 2.12. The van der Waals surface area contributed by atoms with Gasteiger partial charge in [0.2, 0.25) is 0 Å². The van der Waals surface area contributed by atoms with Gasteiger partial charge in [-0.25, -0.2) is 4.98 Å². The second-order valence-corrected chi connectivity index (χ2v) is 3.72. The normalized spacial score (nSPS) is 16.7. The molecule has 0 saturated carbocycles. The van der Waals surface area contributed by atoms with Gasteiger partial charge in [-0.2, -0.15) is 5.10 Å². The zero-order valence-corrected chi connectivity index (χ0v) is 9.11. The highest BCUT2D eigenvalue weighted by atomic mass is 15.3. The van der Waals surface area contributed by atoms with Crippen LogP contribution in [-0.4, -0.2) is 41.4 Å². The minimum atomic E-state index is 0.855. The van der Waals surface area contributed by atoms with Gasteiger partial charge in [0.1, 0.15) is 0 Å². The van der Waals surface area contributed by atoms with Crippen LogP contribution in [0.2, 0.25) is 0 Å². The summed E-state index contributed by atoms with van der Waals surface area (Å²) in [6.07, 6.45) is 3.73. The first-order valence-electron chi connectivity index (χ1n) is 5.54. The Morgan fingerprint density at radius 2 is 2.20 bits per heavy atom. The Morgan fingerprint density at radius 1 is 1.40 bits per heavy atom. The molecule has 1 aromatic rings. The molecule has 1 saturated heterocycles. The second kappa shape index (κ2) is 5.02. The van der Waals surface area contributed by atoms with Crippen molar-refractivity contribution in [2.45, 2.75) is 19.8 Å². The van der Waals surface area contributed by atoms with E-state index in [1.54, 1.807) is 6.20 Å². The third-order valence-electron chi connectivity index (χ3n) is 2.50. The van der Waals surface area contributed by atoms with E-state index in [-0.39, 0.29) is 0 Å². The van der Waals surface area contributed by atoms with Gasteiger partial charge in [0.05, 0.1) is 6.20 Å². The van der Waals surface area contributed by atoms with Crippen LogP contribution in [0.4, 0.5) is 5.82 Å². The molecule has 1 aliphatic rings. The van der Waals surface area contributed by atoms with Crippen LogP contribution < -0.4 is 10.2 Å². The maximum absolute atomic E-state index is 4.51. The van der Waals surface area contributed by atoms with E-state index in [0.717, 1.165) is 50.7 Å². The summed E-state index contributed by atoms with van der Waals surface area (Å²) in [7, 11) is 0. The third-order valence-corrected chi connectivity index (χ3v) is 2.50. The van der Waals surface area contributed by atoms with Gasteiger partial charge >= 0.3 is 0 Å². The van der Waals surface area contributed by atoms with Crippen LogP contribution in [0.15, 0.2) is 6.20 Å². The van der Waals surface area contributed by atoms with E-state index < -0.39 is 0 Å². The SMILES string of the molecule is CCCc1nncc(N2CCNCC2)n1. The average molecular weight is 207 g/mol. The maximum atomic E-state index is 4.51. The Labute approximate surface area is 89.9 Å². The first-order valence-corrected chi connectivity index (χ1v) is 5.54. The van der Waals surface area contributed by atoms with Crippen LogP contribution in [0, 0.1) is 0 Å². The molecular weight excluding hydrogens is 190 g/mol. The van der Waals surface area contributed by atoms with Crippen molar-refractivity contribution in [3.63, 3.8) is 0 Å². The molecule has 1 N–H and O–H groups in total. The van der Waals surface area contributed by atoms with Crippen molar-refractivity contribution < 1.29 is 0 Å². The summed E-state index contributed by atoms with van der Waals surface area (Å²) in [6.45, 7) is 6.18. The van der Waals surface area contributed by atoms with Crippen molar-refractivity contribution in [1.29, 1.82) is 0 Å². The largest absolute Gasteiger partial charge is 0.353 e. The Hall–Kier alpha value is -1.23. The zero-order chi connectivity index (χ0) is 10.5. The summed E-state index contributed by atoms with van der Waals surface area (Å²) in [4.78, 5) is 6.76. The predicted octanol–water partition coefficient (Wildman–Crippen LogP) is 0.234. The number of anilines is 1. The first-order chi connectivity index (χ1) is 7.40. The fraction of sp³-hybridized carbons (Fsp3) is 0.700. The molecule has 0 spiro atoms. The van der Waals surface area contributed by atoms with Gasteiger partial charge in [-0.15, -0.1) is 5.10 Å². The monoisotopic (exact) mass is 207 g/mol. The number of aryl methyl sites for hydroxylation is 1. The van der Waals surface area contributed by atoms with E-state index in [0.29, 0.717) is 0 Å². The van der Waals surface area contributed by atoms with Crippen LogP contribution >= 0.6 is 0 Å². The van der Waals surface area contributed by atoms with Crippen molar-refractivity contribution in [2.75, 3.05) is 31.1 Å². The first kappa shape index (κ1) is 10.3. The standard InChI is InChI=1S/C10H17N5/c1-2-3-9-13-10(8-12-14-9)15-6-4-11-5-7-15/h8,11H,2-7H2,1H3. The van der Waals surface area contributed by atoms with Gasteiger partial charge < -0.3 is 10.2 Å². The lowest BCUT2D eigenvalue weighted by atomic mass is 10.3. The number of aromatic nitrogens is 3. The Balaban J connectivity index is 2.09. The molecule has 0 unspecified atom stereocenters. The van der Waals surface area contributed by atoms with E-state index in [1.807, 2.05) is 0 Å². The number of piperazine rings is 1. The van der Waals surface area contributed by atoms with E-state index in [9.17, 15) is 0 Å². The summed E-state index contributed by atoms with van der Waals surface area (Å²) in [5.74, 6) is 1.82. The highest BCUT2D eigenvalue weighted by Crippen LogP contribution is 2.09. The molecule has 2 rings (SSSR count). The minimum Gasteiger partial charge on any atom is -0.353 e. The lowest BCUT2D eigenvalue weighted by molar-refractivity contribution is 0.581. The van der Waals surface area contributed by atoms with Crippen LogP contribution in [0.5, 0.6) is 0 Å². The molecule has 5 nitrogen and oxygen atoms in total. The molecule has 5 heteroatoms. The second-order valence-electron chi connectivity index (χ2n) is 3.72. The molecule has 1 fully saturated rings. The molecule has 0 aromatic carbocycles. The molecule has 0 bridgehead atoms. The molecule has 0 radical (unpaired) electrons. The molecule has 0 amide bonds. The molecule has 0 atom stereocenters. The third kappa shape index (κ3) is 2.62. The molecule has 2 heterocycles. The fourth-order valence-corrected chi connectivity index (χ4v) is 1.71. The zero-order valence-electron chi connectivity index (χ0n) is 9.11. The van der Waals surface area contributed by atoms with Crippen molar-refractivity contribution in [3.8, 4) is 0 Å². The number of nitrogens with zero attached hydrogens (tertiary/aromatic N) is 4. The highest BCUT2D eigenvalue weighted by molar-refractivity contribution is 5.35. The molecule has 82 valence electrons. The number of hydrogen-bond acceptors (Lipinski definition) is 5. The fourth-order valence-electron chi connectivity index (χ4n) is 1.71. The van der Waals surface area contributed by atoms with Crippen molar-refractivity contribution in [1.82, 2.24) is 20.5 Å². The van der Waals surface area contributed by atoms with Gasteiger partial charge in [0.15, 0.2) is 11.6 Å². The molecule has 15 heavy (non-hydrogen) atoms. The van der Waals surface area contributed by atoms with E-state index in [4.69, 9.17) is 0 Å². The molecule has 1 aliphatic heterocycles. The number of rotatable bonds is 3. The van der Waals surface area contributed by atoms with Gasteiger partial charge in [-0.05, 0) is 6.42 Å². The van der Waals surface area contributed by atoms with E-state index in [1.165, 1.54) is 0 Å². The topological polar surface area (TPSA) is 53.9 Å². The lowest BCUT2D eigenvalue weighted by Gasteiger charge is -2.27. The predicted molar refractivity (Wildman–Crippen MR) is 58.9 cm³/mol. The summed E-state index contributed by atoms with van der Waals surface area (Å²) in [5.41, 5.74) is 0. The van der Waals surface area contributed by atoms with E-state index >= 15 is 0 Å². The van der Waals surface area contributed by atoms with Gasteiger partial charge in [-0.1, -0.05) is 6.92 Å². The molecule has 0 aliphatic carbocycles. The van der Waals surface area contributed by atoms with Gasteiger partial charge in [-0.3, -0.25) is 0 Å². The minimum absolute atomic E-state index is 0.855. The molecular formula is C10H17N5. The quantitative estimate of drug-likeness (QED) is 0.769. The average Bonchev–Trinajstić information content (AvgIpc) is 2.31. The van der Waals surface area contributed by atoms with Crippen LogP contribution in [0.1, 0.15) is 19.2 Å². The van der Waals surface area contributed by atoms with Crippen LogP contribution in [-0.2, 0) is 6.42 Å². The Bertz CT molecular complexity index is 308. The van der Waals surface area contributed by atoms with Crippen LogP contribution in [0.25, 0.3) is 0 Å². The van der Waals surface area contributed by atoms with Gasteiger partial charge in [0, 0.05) is 32.6 Å². The summed E-state index contributed by atoms with van der Waals surface area (Å²) >= 11 is 0. The maximum Gasteiger partial charge on any atom is 0.153 e. The molecule has 1 aromatic heterocycles. The van der Waals surface area contributed by atoms with Gasteiger partial charge in [0.25, 0.3) is 0 Å². The van der Waals surface area contributed by atoms with E-state index in [2.05, 4.69) is 32.3 Å². The van der Waals surface area contributed by atoms with Crippen molar-refractivity contribution in [2.24, 2.45) is 0 Å². The number of nitrogens with one attached hydrogen (secondary N) is 1. The Kier molecular flexibility index (Phi) is 3.45. The summed E-state index contributed by atoms with van der Waals surface area (Å²) in [5, 5.41) is 11.3.